The van der Waals surface area contributed by atoms with Gasteiger partial charge in [-0.1, -0.05) is 6.92 Å². The minimum absolute atomic E-state index is 0.363. The molecule has 0 aromatic carbocycles. The van der Waals surface area contributed by atoms with Crippen LogP contribution in [0.15, 0.2) is 0 Å². The number of likely N-dealkylation sites (N-methyl/N-ethyl adjacent to an activating group) is 1. The lowest BCUT2D eigenvalue weighted by molar-refractivity contribution is -0.120. The average Bonchev–Trinajstić information content (AvgIpc) is 2.28. The third kappa shape index (κ3) is 5.05. The van der Waals surface area contributed by atoms with Crippen molar-refractivity contribution < 1.29 is 4.79 Å². The van der Waals surface area contributed by atoms with Crippen molar-refractivity contribution in [3.8, 4) is 0 Å². The molecule has 1 fully saturated rings. The van der Waals surface area contributed by atoms with E-state index in [4.69, 9.17) is 0 Å². The fraction of sp³-hybridized carbons (Fsp3) is 0.917. The largest absolute Gasteiger partial charge is 0.308 e. The molecule has 0 radical (unpaired) electrons. The van der Waals surface area contributed by atoms with E-state index < -0.39 is 0 Å². The number of rotatable bonds is 6. The van der Waals surface area contributed by atoms with Gasteiger partial charge >= 0.3 is 0 Å². The Labute approximate surface area is 99.2 Å². The summed E-state index contributed by atoms with van der Waals surface area (Å²) in [7, 11) is 4.21. The van der Waals surface area contributed by atoms with Crippen molar-refractivity contribution in [3.05, 3.63) is 0 Å². The summed E-state index contributed by atoms with van der Waals surface area (Å²) < 4.78 is 0. The third-order valence-electron chi connectivity index (χ3n) is 3.12. The molecule has 0 aromatic heterocycles. The first-order valence-corrected chi connectivity index (χ1v) is 6.23. The lowest BCUT2D eigenvalue weighted by Gasteiger charge is -2.34. The molecule has 16 heavy (non-hydrogen) atoms. The van der Waals surface area contributed by atoms with Gasteiger partial charge in [-0.2, -0.15) is 0 Å². The van der Waals surface area contributed by atoms with Crippen LogP contribution >= 0.6 is 0 Å². The van der Waals surface area contributed by atoms with E-state index in [9.17, 15) is 4.79 Å². The van der Waals surface area contributed by atoms with E-state index in [1.807, 2.05) is 6.92 Å². The van der Waals surface area contributed by atoms with Crippen molar-refractivity contribution in [1.82, 2.24) is 14.7 Å². The molecule has 1 aliphatic rings. The monoisotopic (exact) mass is 227 g/mol. The maximum Gasteiger partial charge on any atom is 0.146 e. The van der Waals surface area contributed by atoms with Crippen molar-refractivity contribution in [2.45, 2.75) is 13.3 Å². The molecule has 0 saturated carbocycles. The highest BCUT2D eigenvalue weighted by Crippen LogP contribution is 2.02. The summed E-state index contributed by atoms with van der Waals surface area (Å²) in [5.41, 5.74) is 0. The van der Waals surface area contributed by atoms with Crippen LogP contribution in [-0.4, -0.2) is 80.4 Å². The Balaban J connectivity index is 2.16. The molecule has 0 atom stereocenters. The minimum Gasteiger partial charge on any atom is -0.308 e. The Bertz CT molecular complexity index is 210. The molecule has 0 spiro atoms. The molecule has 0 unspecified atom stereocenters. The fourth-order valence-electron chi connectivity index (χ4n) is 1.87. The smallest absolute Gasteiger partial charge is 0.146 e. The second-order valence-corrected chi connectivity index (χ2v) is 4.81. The van der Waals surface area contributed by atoms with Crippen molar-refractivity contribution in [2.75, 3.05) is 59.9 Å². The Morgan fingerprint density at radius 3 is 2.19 bits per heavy atom. The van der Waals surface area contributed by atoms with E-state index in [2.05, 4.69) is 28.8 Å². The van der Waals surface area contributed by atoms with Crippen molar-refractivity contribution >= 4 is 5.78 Å². The highest BCUT2D eigenvalue weighted by molar-refractivity contribution is 5.80. The maximum atomic E-state index is 11.3. The third-order valence-corrected chi connectivity index (χ3v) is 3.12. The molecule has 1 aliphatic heterocycles. The molecule has 0 N–H and O–H groups in total. The number of nitrogens with zero attached hydrogens (tertiary/aromatic N) is 3. The summed E-state index contributed by atoms with van der Waals surface area (Å²) >= 11 is 0. The van der Waals surface area contributed by atoms with Gasteiger partial charge in [-0.05, 0) is 14.1 Å². The Morgan fingerprint density at radius 1 is 1.12 bits per heavy atom. The van der Waals surface area contributed by atoms with E-state index in [1.165, 1.54) is 0 Å². The molecule has 94 valence electrons. The molecule has 4 nitrogen and oxygen atoms in total. The van der Waals surface area contributed by atoms with Gasteiger partial charge < -0.3 is 4.90 Å². The standard InChI is InChI=1S/C12H25N3O/c1-4-12(16)11-15-9-7-14(8-10-15)6-5-13(2)3/h4-11H2,1-3H3. The number of ketones is 1. The highest BCUT2D eigenvalue weighted by atomic mass is 16.1. The molecule has 0 aromatic rings. The lowest BCUT2D eigenvalue weighted by atomic mass is 10.2. The van der Waals surface area contributed by atoms with E-state index in [0.717, 1.165) is 39.3 Å². The number of hydrogen-bond donors (Lipinski definition) is 0. The highest BCUT2D eigenvalue weighted by Gasteiger charge is 2.17. The van der Waals surface area contributed by atoms with Gasteiger partial charge in [0.05, 0.1) is 6.54 Å². The van der Waals surface area contributed by atoms with E-state index in [-0.39, 0.29) is 0 Å². The fourth-order valence-corrected chi connectivity index (χ4v) is 1.87. The van der Waals surface area contributed by atoms with Crippen LogP contribution in [0.2, 0.25) is 0 Å². The van der Waals surface area contributed by atoms with Crippen molar-refractivity contribution in [2.24, 2.45) is 0 Å². The molecule has 1 saturated heterocycles. The summed E-state index contributed by atoms with van der Waals surface area (Å²) in [4.78, 5) is 18.3. The summed E-state index contributed by atoms with van der Waals surface area (Å²) in [5, 5.41) is 0. The minimum atomic E-state index is 0.363. The number of hydrogen-bond acceptors (Lipinski definition) is 4. The van der Waals surface area contributed by atoms with Crippen LogP contribution in [0.4, 0.5) is 0 Å². The van der Waals surface area contributed by atoms with Crippen LogP contribution in [0.1, 0.15) is 13.3 Å². The predicted octanol–water partition coefficient (Wildman–Crippen LogP) is 0.145. The van der Waals surface area contributed by atoms with E-state index in [0.29, 0.717) is 18.7 Å². The van der Waals surface area contributed by atoms with Gasteiger partial charge in [0.25, 0.3) is 0 Å². The number of carbonyl (C=O) groups is 1. The first-order chi connectivity index (χ1) is 7.61. The zero-order valence-electron chi connectivity index (χ0n) is 10.9. The van der Waals surface area contributed by atoms with Gasteiger partial charge in [-0.3, -0.25) is 14.6 Å². The summed E-state index contributed by atoms with van der Waals surface area (Å²) in [5.74, 6) is 0.363. The molecule has 0 aliphatic carbocycles. The van der Waals surface area contributed by atoms with Crippen LogP contribution in [0.25, 0.3) is 0 Å². The van der Waals surface area contributed by atoms with Gasteiger partial charge in [0, 0.05) is 45.7 Å². The van der Waals surface area contributed by atoms with Gasteiger partial charge in [0.1, 0.15) is 5.78 Å². The molecule has 1 rings (SSSR count). The van der Waals surface area contributed by atoms with Crippen LogP contribution in [0.5, 0.6) is 0 Å². The number of Topliss-reactive ketones (excluding diaryl/α,β-unsaturated/α-hetero) is 1. The Hall–Kier alpha value is -0.450. The van der Waals surface area contributed by atoms with Gasteiger partial charge in [0.15, 0.2) is 0 Å². The molecule has 4 heteroatoms. The van der Waals surface area contributed by atoms with Crippen molar-refractivity contribution in [3.63, 3.8) is 0 Å². The summed E-state index contributed by atoms with van der Waals surface area (Å²) in [6, 6.07) is 0. The molecule has 0 bridgehead atoms. The first-order valence-electron chi connectivity index (χ1n) is 6.23. The molecule has 1 heterocycles. The van der Waals surface area contributed by atoms with E-state index in [1.54, 1.807) is 0 Å². The normalized spacial score (nSPS) is 19.2. The number of carbonyl (C=O) groups excluding carboxylic acids is 1. The van der Waals surface area contributed by atoms with Crippen LogP contribution < -0.4 is 0 Å². The predicted molar refractivity (Wildman–Crippen MR) is 66.7 cm³/mol. The zero-order valence-corrected chi connectivity index (χ0v) is 10.9. The van der Waals surface area contributed by atoms with Crippen LogP contribution in [-0.2, 0) is 4.79 Å². The SMILES string of the molecule is CCC(=O)CN1CCN(CCN(C)C)CC1. The first kappa shape index (κ1) is 13.6. The number of piperazine rings is 1. The quantitative estimate of drug-likeness (QED) is 0.645. The second kappa shape index (κ2) is 6.99. The maximum absolute atomic E-state index is 11.3. The molecular formula is C12H25N3O. The zero-order chi connectivity index (χ0) is 12.0. The van der Waals surface area contributed by atoms with Crippen molar-refractivity contribution in [1.29, 1.82) is 0 Å². The lowest BCUT2D eigenvalue weighted by Crippen LogP contribution is -2.49. The molecule has 0 amide bonds. The van der Waals surface area contributed by atoms with Crippen LogP contribution in [0.3, 0.4) is 0 Å². The second-order valence-electron chi connectivity index (χ2n) is 4.81. The van der Waals surface area contributed by atoms with E-state index >= 15 is 0 Å². The van der Waals surface area contributed by atoms with Crippen LogP contribution in [0, 0.1) is 0 Å². The van der Waals surface area contributed by atoms with Gasteiger partial charge in [0.2, 0.25) is 0 Å². The topological polar surface area (TPSA) is 26.8 Å². The molecular weight excluding hydrogens is 202 g/mol. The Morgan fingerprint density at radius 2 is 1.69 bits per heavy atom. The Kier molecular flexibility index (Phi) is 5.95. The average molecular weight is 227 g/mol. The van der Waals surface area contributed by atoms with Gasteiger partial charge in [-0.15, -0.1) is 0 Å². The summed E-state index contributed by atoms with van der Waals surface area (Å²) in [6.07, 6.45) is 0.668. The van der Waals surface area contributed by atoms with Gasteiger partial charge in [-0.25, -0.2) is 0 Å². The summed E-state index contributed by atoms with van der Waals surface area (Å²) in [6.45, 7) is 9.14.